The Bertz CT molecular complexity index is 1230. The number of para-hydroxylation sites is 1. The zero-order chi connectivity index (χ0) is 22.2. The topological polar surface area (TPSA) is 117 Å². The highest BCUT2D eigenvalue weighted by molar-refractivity contribution is 7.17. The van der Waals surface area contributed by atoms with Gasteiger partial charge in [-0.1, -0.05) is 24.3 Å². The van der Waals surface area contributed by atoms with Crippen molar-refractivity contribution in [1.82, 2.24) is 15.7 Å². The van der Waals surface area contributed by atoms with E-state index in [1.54, 1.807) is 17.0 Å². The molecule has 1 saturated carbocycles. The van der Waals surface area contributed by atoms with Crippen LogP contribution in [0.2, 0.25) is 0 Å². The number of thiophene rings is 1. The lowest BCUT2D eigenvalue weighted by Crippen LogP contribution is -2.34. The molecule has 162 valence electrons. The third-order valence-corrected chi connectivity index (χ3v) is 6.78. The van der Waals surface area contributed by atoms with Gasteiger partial charge in [0.2, 0.25) is 0 Å². The van der Waals surface area contributed by atoms with Gasteiger partial charge in [-0.2, -0.15) is 0 Å². The van der Waals surface area contributed by atoms with Gasteiger partial charge in [0, 0.05) is 23.0 Å². The van der Waals surface area contributed by atoms with Crippen LogP contribution in [0.3, 0.4) is 0 Å². The van der Waals surface area contributed by atoms with Crippen molar-refractivity contribution in [2.24, 2.45) is 5.84 Å². The van der Waals surface area contributed by atoms with Gasteiger partial charge in [0.05, 0.1) is 10.6 Å². The molecule has 32 heavy (non-hydrogen) atoms. The third kappa shape index (κ3) is 3.76. The highest BCUT2D eigenvalue weighted by atomic mass is 32.1. The van der Waals surface area contributed by atoms with Crippen LogP contribution in [0.5, 0.6) is 0 Å². The maximum absolute atomic E-state index is 13.4. The van der Waals surface area contributed by atoms with Gasteiger partial charge in [-0.25, -0.2) is 10.8 Å². The van der Waals surface area contributed by atoms with Crippen LogP contribution in [0.15, 0.2) is 48.5 Å². The molecule has 0 saturated heterocycles. The zero-order valence-corrected chi connectivity index (χ0v) is 17.9. The number of pyridine rings is 1. The van der Waals surface area contributed by atoms with Crippen molar-refractivity contribution in [2.45, 2.75) is 25.3 Å². The highest BCUT2D eigenvalue weighted by Crippen LogP contribution is 2.41. The number of aromatic nitrogens is 1. The number of hydrogen-bond acceptors (Lipinski definition) is 6. The van der Waals surface area contributed by atoms with E-state index >= 15 is 0 Å². The molecule has 4 N–H and O–H groups in total. The Hall–Kier alpha value is -3.56. The molecule has 3 heterocycles. The van der Waals surface area contributed by atoms with Crippen molar-refractivity contribution in [3.8, 4) is 10.4 Å². The number of fused-ring (bicyclic) bond motifs is 3. The van der Waals surface area contributed by atoms with Crippen LogP contribution in [0, 0.1) is 0 Å². The third-order valence-electron chi connectivity index (χ3n) is 5.57. The molecule has 0 spiro atoms. The Balaban J connectivity index is 1.49. The molecule has 1 aliphatic heterocycles. The molecule has 8 nitrogen and oxygen atoms in total. The average Bonchev–Trinajstić information content (AvgIpc) is 3.57. The monoisotopic (exact) mass is 447 g/mol. The van der Waals surface area contributed by atoms with Crippen molar-refractivity contribution in [1.29, 1.82) is 0 Å². The number of carbonyl (C=O) groups excluding carboxylic acids is 3. The van der Waals surface area contributed by atoms with E-state index in [0.717, 1.165) is 34.5 Å². The fraction of sp³-hybridized carbons (Fsp3) is 0.217. The average molecular weight is 448 g/mol. The predicted octanol–water partition coefficient (Wildman–Crippen LogP) is 2.51. The summed E-state index contributed by atoms with van der Waals surface area (Å²) in [5.41, 5.74) is 4.97. The number of carbonyl (C=O) groups is 3. The Labute approximate surface area is 188 Å². The Morgan fingerprint density at radius 3 is 2.59 bits per heavy atom. The van der Waals surface area contributed by atoms with Gasteiger partial charge < -0.3 is 10.2 Å². The molecule has 2 aromatic heterocycles. The fourth-order valence-electron chi connectivity index (χ4n) is 3.80. The van der Waals surface area contributed by atoms with E-state index < -0.39 is 5.91 Å². The smallest absolute Gasteiger partial charge is 0.283 e. The molecule has 9 heteroatoms. The quantitative estimate of drug-likeness (QED) is 0.323. The summed E-state index contributed by atoms with van der Waals surface area (Å²) in [4.78, 5) is 45.4. The summed E-state index contributed by atoms with van der Waals surface area (Å²) in [6.45, 7) is 0.429. The number of nitrogens with zero attached hydrogens (tertiary/aromatic N) is 2. The lowest BCUT2D eigenvalue weighted by Gasteiger charge is -2.22. The van der Waals surface area contributed by atoms with Crippen molar-refractivity contribution in [2.75, 3.05) is 11.4 Å². The van der Waals surface area contributed by atoms with Crippen molar-refractivity contribution < 1.29 is 14.4 Å². The van der Waals surface area contributed by atoms with Crippen molar-refractivity contribution in [3.63, 3.8) is 0 Å². The van der Waals surface area contributed by atoms with Gasteiger partial charge in [0.1, 0.15) is 11.4 Å². The molecule has 1 aromatic carbocycles. The normalized spacial score (nSPS) is 14.7. The minimum atomic E-state index is -0.560. The largest absolute Gasteiger partial charge is 0.349 e. The Morgan fingerprint density at radius 2 is 1.81 bits per heavy atom. The molecule has 0 radical (unpaired) electrons. The van der Waals surface area contributed by atoms with E-state index in [1.807, 2.05) is 35.8 Å². The van der Waals surface area contributed by atoms with Crippen LogP contribution in [-0.4, -0.2) is 35.3 Å². The number of nitrogen functional groups attached to an aromatic ring is 1. The van der Waals surface area contributed by atoms with Crippen LogP contribution in [-0.2, 0) is 6.42 Å². The van der Waals surface area contributed by atoms with Crippen LogP contribution >= 0.6 is 11.3 Å². The molecule has 3 amide bonds. The number of nitrogens with one attached hydrogen (secondary N) is 2. The first kappa shape index (κ1) is 20.3. The van der Waals surface area contributed by atoms with Crippen molar-refractivity contribution in [3.05, 3.63) is 70.4 Å². The molecule has 1 aliphatic carbocycles. The number of hydrazine groups is 1. The molecule has 0 unspecified atom stereocenters. The summed E-state index contributed by atoms with van der Waals surface area (Å²) < 4.78 is 0. The first-order chi connectivity index (χ1) is 15.5. The Morgan fingerprint density at radius 1 is 1.03 bits per heavy atom. The van der Waals surface area contributed by atoms with Crippen LogP contribution < -0.4 is 21.5 Å². The first-order valence-electron chi connectivity index (χ1n) is 10.4. The molecular formula is C23H21N5O3S. The number of hydrogen-bond donors (Lipinski definition) is 3. The van der Waals surface area contributed by atoms with E-state index in [4.69, 9.17) is 5.84 Å². The van der Waals surface area contributed by atoms with Gasteiger partial charge in [-0.05, 0) is 49.1 Å². The fourth-order valence-corrected chi connectivity index (χ4v) is 4.94. The Kier molecular flexibility index (Phi) is 5.20. The number of anilines is 1. The van der Waals surface area contributed by atoms with E-state index in [2.05, 4.69) is 10.3 Å². The summed E-state index contributed by atoms with van der Waals surface area (Å²) >= 11 is 1.46. The number of nitrogens with two attached hydrogens (primary N) is 1. The molecule has 1 fully saturated rings. The van der Waals surface area contributed by atoms with Gasteiger partial charge in [0.15, 0.2) is 0 Å². The predicted molar refractivity (Wildman–Crippen MR) is 122 cm³/mol. The van der Waals surface area contributed by atoms with Crippen LogP contribution in [0.25, 0.3) is 10.4 Å². The lowest BCUT2D eigenvalue weighted by atomic mass is 10.1. The minimum Gasteiger partial charge on any atom is -0.349 e. The highest BCUT2D eigenvalue weighted by Gasteiger charge is 2.29. The van der Waals surface area contributed by atoms with E-state index in [1.165, 1.54) is 17.4 Å². The summed E-state index contributed by atoms with van der Waals surface area (Å²) in [5, 5.41) is 3.04. The summed E-state index contributed by atoms with van der Waals surface area (Å²) in [6, 6.07) is 14.6. The van der Waals surface area contributed by atoms with Crippen LogP contribution in [0.1, 0.15) is 49.1 Å². The second kappa shape index (κ2) is 8.18. The SMILES string of the molecule is NNC(=O)c1cccc(C(=O)N2CCc3cc(C(=O)NC4CC4)sc3-c3ccccc32)n1. The molecule has 0 atom stereocenters. The molecule has 2 aliphatic rings. The van der Waals surface area contributed by atoms with Gasteiger partial charge >= 0.3 is 0 Å². The number of amides is 3. The first-order valence-corrected chi connectivity index (χ1v) is 11.2. The molecule has 5 rings (SSSR count). The van der Waals surface area contributed by atoms with Gasteiger partial charge in [-0.3, -0.25) is 19.8 Å². The van der Waals surface area contributed by atoms with E-state index in [9.17, 15) is 14.4 Å². The minimum absolute atomic E-state index is 0.0322. The maximum atomic E-state index is 13.4. The van der Waals surface area contributed by atoms with E-state index in [-0.39, 0.29) is 23.2 Å². The summed E-state index contributed by atoms with van der Waals surface area (Å²) in [7, 11) is 0. The standard InChI is InChI=1S/C23H21N5O3S/c24-27-21(29)16-5-3-6-17(26-16)23(31)28-11-10-13-12-19(22(30)25-14-8-9-14)32-20(13)15-4-1-2-7-18(15)28/h1-7,12,14H,8-11,24H2,(H,25,30)(H,27,29). The molecule has 3 aromatic rings. The van der Waals surface area contributed by atoms with E-state index in [0.29, 0.717) is 23.9 Å². The maximum Gasteiger partial charge on any atom is 0.283 e. The summed E-state index contributed by atoms with van der Waals surface area (Å²) in [5.74, 6) is 4.30. The van der Waals surface area contributed by atoms with Gasteiger partial charge in [0.25, 0.3) is 17.7 Å². The number of rotatable bonds is 4. The molecule has 0 bridgehead atoms. The molecular weight excluding hydrogens is 426 g/mol. The zero-order valence-electron chi connectivity index (χ0n) is 17.1. The number of benzene rings is 1. The summed E-state index contributed by atoms with van der Waals surface area (Å²) in [6.07, 6.45) is 2.68. The second-order valence-electron chi connectivity index (χ2n) is 7.82. The second-order valence-corrected chi connectivity index (χ2v) is 8.87. The van der Waals surface area contributed by atoms with Crippen LogP contribution in [0.4, 0.5) is 5.69 Å². The van der Waals surface area contributed by atoms with Crippen molar-refractivity contribution >= 4 is 34.7 Å². The van der Waals surface area contributed by atoms with Gasteiger partial charge in [-0.15, -0.1) is 11.3 Å². The lowest BCUT2D eigenvalue weighted by molar-refractivity contribution is 0.0941.